The third kappa shape index (κ3) is 3.93. The lowest BCUT2D eigenvalue weighted by Gasteiger charge is -2.36. The van der Waals surface area contributed by atoms with Gasteiger partial charge in [0, 0.05) is 24.9 Å². The Balaban J connectivity index is 2.31. The summed E-state index contributed by atoms with van der Waals surface area (Å²) in [6, 6.07) is 0.249. The number of aliphatic hydroxyl groups excluding tert-OH is 1. The maximum Gasteiger partial charge on any atom is 0.222 e. The highest BCUT2D eigenvalue weighted by atomic mass is 16.3. The van der Waals surface area contributed by atoms with Crippen LogP contribution >= 0.6 is 0 Å². The standard InChI is InChI=1S/C17H27N3O3/c1-3-14(18)16(19-12(2)22)20(13-6-4-5-7-13)11-17(8-9-17)15(23)10-21/h3,13,21H,1,4-11,18H2,2H3,(H,19,22)/b16-14-. The molecule has 0 heterocycles. The highest BCUT2D eigenvalue weighted by molar-refractivity contribution is 5.88. The molecule has 0 aromatic rings. The first-order valence-corrected chi connectivity index (χ1v) is 8.24. The number of rotatable bonds is 8. The fraction of sp³-hybridized carbons (Fsp3) is 0.647. The number of carbonyl (C=O) groups is 2. The van der Waals surface area contributed by atoms with E-state index in [2.05, 4.69) is 16.8 Å². The van der Waals surface area contributed by atoms with Crippen molar-refractivity contribution < 1.29 is 14.7 Å². The van der Waals surface area contributed by atoms with Gasteiger partial charge < -0.3 is 21.1 Å². The zero-order valence-electron chi connectivity index (χ0n) is 13.8. The normalized spacial score (nSPS) is 20.6. The number of carbonyl (C=O) groups excluding carboxylic acids is 2. The van der Waals surface area contributed by atoms with E-state index in [0.717, 1.165) is 38.5 Å². The summed E-state index contributed by atoms with van der Waals surface area (Å²) >= 11 is 0. The molecule has 2 rings (SSSR count). The summed E-state index contributed by atoms with van der Waals surface area (Å²) in [6.07, 6.45) is 7.34. The van der Waals surface area contributed by atoms with Crippen molar-refractivity contribution >= 4 is 11.7 Å². The van der Waals surface area contributed by atoms with Crippen molar-refractivity contribution in [2.75, 3.05) is 13.2 Å². The Morgan fingerprint density at radius 1 is 1.39 bits per heavy atom. The number of allylic oxidation sites excluding steroid dienone is 1. The van der Waals surface area contributed by atoms with Crippen LogP contribution in [-0.4, -0.2) is 40.9 Å². The topological polar surface area (TPSA) is 95.7 Å². The summed E-state index contributed by atoms with van der Waals surface area (Å²) in [4.78, 5) is 25.8. The molecule has 0 aromatic carbocycles. The van der Waals surface area contributed by atoms with E-state index in [4.69, 9.17) is 5.73 Å². The zero-order valence-corrected chi connectivity index (χ0v) is 13.8. The van der Waals surface area contributed by atoms with Gasteiger partial charge in [-0.25, -0.2) is 0 Å². The zero-order chi connectivity index (χ0) is 17.0. The molecule has 0 aliphatic heterocycles. The lowest BCUT2D eigenvalue weighted by atomic mass is 9.99. The van der Waals surface area contributed by atoms with Crippen LogP contribution in [0.3, 0.4) is 0 Å². The van der Waals surface area contributed by atoms with Crippen molar-refractivity contribution in [2.45, 2.75) is 51.5 Å². The summed E-state index contributed by atoms with van der Waals surface area (Å²) in [7, 11) is 0. The molecule has 0 bridgehead atoms. The molecular weight excluding hydrogens is 294 g/mol. The van der Waals surface area contributed by atoms with E-state index in [1.807, 2.05) is 0 Å². The maximum absolute atomic E-state index is 12.1. The molecule has 23 heavy (non-hydrogen) atoms. The second-order valence-corrected chi connectivity index (χ2v) is 6.62. The van der Waals surface area contributed by atoms with Crippen LogP contribution in [-0.2, 0) is 9.59 Å². The van der Waals surface area contributed by atoms with Crippen molar-refractivity contribution in [3.8, 4) is 0 Å². The molecule has 6 nitrogen and oxygen atoms in total. The van der Waals surface area contributed by atoms with Gasteiger partial charge in [0.2, 0.25) is 5.91 Å². The number of ketones is 1. The van der Waals surface area contributed by atoms with Crippen molar-refractivity contribution in [1.82, 2.24) is 10.2 Å². The van der Waals surface area contributed by atoms with Gasteiger partial charge in [0.25, 0.3) is 0 Å². The van der Waals surface area contributed by atoms with E-state index in [-0.39, 0.29) is 17.7 Å². The largest absolute Gasteiger partial charge is 0.396 e. The molecule has 0 saturated heterocycles. The second-order valence-electron chi connectivity index (χ2n) is 6.62. The smallest absolute Gasteiger partial charge is 0.222 e. The van der Waals surface area contributed by atoms with Gasteiger partial charge in [-0.05, 0) is 31.8 Å². The van der Waals surface area contributed by atoms with Gasteiger partial charge in [-0.1, -0.05) is 19.4 Å². The van der Waals surface area contributed by atoms with Gasteiger partial charge in [-0.2, -0.15) is 0 Å². The Bertz CT molecular complexity index is 517. The van der Waals surface area contributed by atoms with Gasteiger partial charge >= 0.3 is 0 Å². The molecule has 128 valence electrons. The Labute approximate surface area is 137 Å². The van der Waals surface area contributed by atoms with E-state index < -0.39 is 12.0 Å². The molecule has 0 atom stereocenters. The van der Waals surface area contributed by atoms with Crippen molar-refractivity contribution in [1.29, 1.82) is 0 Å². The lowest BCUT2D eigenvalue weighted by molar-refractivity contribution is -0.127. The molecule has 0 unspecified atom stereocenters. The SMILES string of the molecule is C=C/C(N)=C(\NC(C)=O)N(CC1(C(=O)CO)CC1)C1CCCC1. The van der Waals surface area contributed by atoms with Crippen LogP contribution < -0.4 is 11.1 Å². The molecule has 0 spiro atoms. The quantitative estimate of drug-likeness (QED) is 0.580. The highest BCUT2D eigenvalue weighted by Crippen LogP contribution is 2.48. The number of nitrogens with one attached hydrogen (secondary N) is 1. The van der Waals surface area contributed by atoms with E-state index >= 15 is 0 Å². The van der Waals surface area contributed by atoms with Crippen molar-refractivity contribution in [3.05, 3.63) is 24.2 Å². The van der Waals surface area contributed by atoms with Gasteiger partial charge in [0.1, 0.15) is 12.4 Å². The van der Waals surface area contributed by atoms with Crippen LogP contribution in [0.25, 0.3) is 0 Å². The first kappa shape index (κ1) is 17.5. The summed E-state index contributed by atoms with van der Waals surface area (Å²) in [6.45, 7) is 5.18. The Hall–Kier alpha value is -1.82. The highest BCUT2D eigenvalue weighted by Gasteiger charge is 2.51. The molecule has 2 aliphatic carbocycles. The summed E-state index contributed by atoms with van der Waals surface area (Å²) in [5, 5.41) is 12.0. The minimum atomic E-state index is -0.498. The van der Waals surface area contributed by atoms with Gasteiger partial charge in [0.05, 0.1) is 5.70 Å². The third-order valence-corrected chi connectivity index (χ3v) is 4.90. The van der Waals surface area contributed by atoms with E-state index in [0.29, 0.717) is 18.1 Å². The fourth-order valence-corrected chi connectivity index (χ4v) is 3.35. The molecule has 2 saturated carbocycles. The first-order valence-electron chi connectivity index (χ1n) is 8.24. The minimum absolute atomic E-state index is 0.125. The van der Waals surface area contributed by atoms with E-state index in [1.54, 1.807) is 0 Å². The molecule has 0 radical (unpaired) electrons. The maximum atomic E-state index is 12.1. The molecule has 1 amide bonds. The number of hydrogen-bond acceptors (Lipinski definition) is 5. The van der Waals surface area contributed by atoms with Crippen molar-refractivity contribution in [2.24, 2.45) is 11.1 Å². The van der Waals surface area contributed by atoms with Crippen LogP contribution in [0.15, 0.2) is 24.2 Å². The lowest BCUT2D eigenvalue weighted by Crippen LogP contribution is -2.46. The predicted octanol–water partition coefficient (Wildman–Crippen LogP) is 1.02. The number of Topliss-reactive ketones (excluding diaryl/α,β-unsaturated/α-hetero) is 1. The minimum Gasteiger partial charge on any atom is -0.396 e. The summed E-state index contributed by atoms with van der Waals surface area (Å²) in [5.74, 6) is 0.211. The number of nitrogens with two attached hydrogens (primary N) is 1. The number of nitrogens with zero attached hydrogens (tertiary/aromatic N) is 1. The molecule has 2 fully saturated rings. The van der Waals surface area contributed by atoms with Gasteiger partial charge in [0.15, 0.2) is 5.78 Å². The molecule has 4 N–H and O–H groups in total. The average molecular weight is 321 g/mol. The van der Waals surface area contributed by atoms with Gasteiger partial charge in [-0.3, -0.25) is 9.59 Å². The van der Waals surface area contributed by atoms with Crippen LogP contribution in [0.2, 0.25) is 0 Å². The monoisotopic (exact) mass is 321 g/mol. The number of hydrogen-bond donors (Lipinski definition) is 3. The van der Waals surface area contributed by atoms with E-state index in [1.165, 1.54) is 13.0 Å². The van der Waals surface area contributed by atoms with Crippen LogP contribution in [0, 0.1) is 5.41 Å². The predicted molar refractivity (Wildman–Crippen MR) is 87.9 cm³/mol. The summed E-state index contributed by atoms with van der Waals surface area (Å²) in [5.41, 5.74) is 5.96. The average Bonchev–Trinajstić information content (AvgIpc) is 3.12. The van der Waals surface area contributed by atoms with Crippen LogP contribution in [0.1, 0.15) is 45.4 Å². The van der Waals surface area contributed by atoms with Crippen LogP contribution in [0.4, 0.5) is 0 Å². The van der Waals surface area contributed by atoms with E-state index in [9.17, 15) is 14.7 Å². The van der Waals surface area contributed by atoms with Crippen LogP contribution in [0.5, 0.6) is 0 Å². The Kier molecular flexibility index (Phi) is 5.46. The second kappa shape index (κ2) is 7.17. The number of aliphatic hydroxyl groups is 1. The fourth-order valence-electron chi connectivity index (χ4n) is 3.35. The molecule has 0 aromatic heterocycles. The third-order valence-electron chi connectivity index (χ3n) is 4.90. The number of amides is 1. The first-order chi connectivity index (χ1) is 10.9. The Morgan fingerprint density at radius 2 is 2.00 bits per heavy atom. The molecule has 2 aliphatic rings. The molecule has 6 heteroatoms. The van der Waals surface area contributed by atoms with Gasteiger partial charge in [-0.15, -0.1) is 0 Å². The Morgan fingerprint density at radius 3 is 2.43 bits per heavy atom. The summed E-state index contributed by atoms with van der Waals surface area (Å²) < 4.78 is 0. The molecular formula is C17H27N3O3. The van der Waals surface area contributed by atoms with Crippen molar-refractivity contribution in [3.63, 3.8) is 0 Å².